The Morgan fingerprint density at radius 2 is 2.06 bits per heavy atom. The molecule has 1 aromatic rings. The van der Waals surface area contributed by atoms with E-state index < -0.39 is 25.2 Å². The molecule has 1 unspecified atom stereocenters. The van der Waals surface area contributed by atoms with Gasteiger partial charge in [0, 0.05) is 11.0 Å². The molecule has 16 heavy (non-hydrogen) atoms. The largest absolute Gasteiger partial charge is 0.493 e. The van der Waals surface area contributed by atoms with Crippen LogP contribution in [0.3, 0.4) is 0 Å². The summed E-state index contributed by atoms with van der Waals surface area (Å²) in [6, 6.07) is 6.64. The van der Waals surface area contributed by atoms with Gasteiger partial charge in [-0.25, -0.2) is 0 Å². The summed E-state index contributed by atoms with van der Waals surface area (Å²) in [6.07, 6.45) is -4.32. The topological polar surface area (TPSA) is 35.2 Å². The summed E-state index contributed by atoms with van der Waals surface area (Å²) in [5.41, 5.74) is 5.04. The molecule has 90 valence electrons. The van der Waals surface area contributed by atoms with Crippen molar-refractivity contribution in [2.24, 2.45) is 11.7 Å². The molecule has 0 heterocycles. The predicted molar refractivity (Wildman–Crippen MR) is 58.2 cm³/mol. The first-order chi connectivity index (χ1) is 7.43. The SMILES string of the molecule is NCC(COc1cccc(Br)c1)C(F)(F)F. The van der Waals surface area contributed by atoms with Crippen molar-refractivity contribution in [3.05, 3.63) is 28.7 Å². The molecule has 0 spiro atoms. The standard InChI is InChI=1S/C10H11BrF3NO/c11-8-2-1-3-9(4-8)16-6-7(5-15)10(12,13)14/h1-4,7H,5-6,15H2. The molecule has 0 saturated carbocycles. The van der Waals surface area contributed by atoms with E-state index in [1.807, 2.05) is 0 Å². The van der Waals surface area contributed by atoms with Crippen LogP contribution >= 0.6 is 15.9 Å². The second kappa shape index (κ2) is 5.54. The van der Waals surface area contributed by atoms with Crippen molar-refractivity contribution >= 4 is 15.9 Å². The van der Waals surface area contributed by atoms with Gasteiger partial charge in [-0.1, -0.05) is 22.0 Å². The van der Waals surface area contributed by atoms with Gasteiger partial charge in [0.2, 0.25) is 0 Å². The molecule has 0 bridgehead atoms. The molecule has 0 saturated heterocycles. The van der Waals surface area contributed by atoms with E-state index >= 15 is 0 Å². The molecule has 1 aromatic carbocycles. The Morgan fingerprint density at radius 1 is 1.38 bits per heavy atom. The third-order valence-corrected chi connectivity index (χ3v) is 2.49. The highest BCUT2D eigenvalue weighted by molar-refractivity contribution is 9.10. The first-order valence-electron chi connectivity index (χ1n) is 4.58. The van der Waals surface area contributed by atoms with Gasteiger partial charge in [0.25, 0.3) is 0 Å². The van der Waals surface area contributed by atoms with Gasteiger partial charge in [0.15, 0.2) is 0 Å². The molecular weight excluding hydrogens is 287 g/mol. The fourth-order valence-corrected chi connectivity index (χ4v) is 1.43. The predicted octanol–water partition coefficient (Wildman–Crippen LogP) is 2.97. The molecule has 0 amide bonds. The van der Waals surface area contributed by atoms with E-state index in [1.165, 1.54) is 0 Å². The van der Waals surface area contributed by atoms with Crippen molar-refractivity contribution < 1.29 is 17.9 Å². The second-order valence-corrected chi connectivity index (χ2v) is 4.16. The van der Waals surface area contributed by atoms with E-state index in [0.29, 0.717) is 5.75 Å². The summed E-state index contributed by atoms with van der Waals surface area (Å²) in [5.74, 6) is -1.25. The Morgan fingerprint density at radius 3 is 2.56 bits per heavy atom. The summed E-state index contributed by atoms with van der Waals surface area (Å²) in [6.45, 7) is -0.937. The number of alkyl halides is 3. The zero-order valence-corrected chi connectivity index (χ0v) is 9.88. The van der Waals surface area contributed by atoms with E-state index in [2.05, 4.69) is 15.9 Å². The van der Waals surface area contributed by atoms with Gasteiger partial charge in [-0.15, -0.1) is 0 Å². The third kappa shape index (κ3) is 4.02. The monoisotopic (exact) mass is 297 g/mol. The molecule has 6 heteroatoms. The van der Waals surface area contributed by atoms with Crippen LogP contribution in [0.15, 0.2) is 28.7 Å². The third-order valence-electron chi connectivity index (χ3n) is 1.99. The second-order valence-electron chi connectivity index (χ2n) is 3.24. The summed E-state index contributed by atoms with van der Waals surface area (Å²) in [4.78, 5) is 0. The lowest BCUT2D eigenvalue weighted by Gasteiger charge is -2.18. The highest BCUT2D eigenvalue weighted by atomic mass is 79.9. The number of hydrogen-bond donors (Lipinski definition) is 1. The molecule has 0 aliphatic rings. The quantitative estimate of drug-likeness (QED) is 0.927. The van der Waals surface area contributed by atoms with E-state index in [9.17, 15) is 13.2 Å². The van der Waals surface area contributed by atoms with Crippen LogP contribution in [-0.4, -0.2) is 19.3 Å². The fraction of sp³-hybridized carbons (Fsp3) is 0.400. The van der Waals surface area contributed by atoms with E-state index in [4.69, 9.17) is 10.5 Å². The van der Waals surface area contributed by atoms with Crippen molar-refractivity contribution in [3.63, 3.8) is 0 Å². The normalized spacial score (nSPS) is 13.6. The van der Waals surface area contributed by atoms with Gasteiger partial charge in [-0.05, 0) is 18.2 Å². The summed E-state index contributed by atoms with van der Waals surface area (Å²) in [7, 11) is 0. The van der Waals surface area contributed by atoms with Crippen molar-refractivity contribution in [1.82, 2.24) is 0 Å². The van der Waals surface area contributed by atoms with Crippen LogP contribution in [0.25, 0.3) is 0 Å². The minimum absolute atomic E-state index is 0.386. The van der Waals surface area contributed by atoms with E-state index in [1.54, 1.807) is 24.3 Å². The van der Waals surface area contributed by atoms with Crippen LogP contribution in [0, 0.1) is 5.92 Å². The molecule has 0 fully saturated rings. The average molecular weight is 298 g/mol. The lowest BCUT2D eigenvalue weighted by atomic mass is 10.1. The first-order valence-corrected chi connectivity index (χ1v) is 5.38. The maximum atomic E-state index is 12.3. The summed E-state index contributed by atoms with van der Waals surface area (Å²) < 4.78 is 42.8. The van der Waals surface area contributed by atoms with Gasteiger partial charge in [-0.2, -0.15) is 13.2 Å². The van der Waals surface area contributed by atoms with Crippen molar-refractivity contribution in [2.45, 2.75) is 6.18 Å². The van der Waals surface area contributed by atoms with Gasteiger partial charge >= 0.3 is 6.18 Å². The average Bonchev–Trinajstić information content (AvgIpc) is 2.16. The van der Waals surface area contributed by atoms with Crippen molar-refractivity contribution in [1.29, 1.82) is 0 Å². The zero-order valence-electron chi connectivity index (χ0n) is 8.30. The Balaban J connectivity index is 2.56. The summed E-state index contributed by atoms with van der Waals surface area (Å²) >= 11 is 3.20. The summed E-state index contributed by atoms with van der Waals surface area (Å²) in [5, 5.41) is 0. The lowest BCUT2D eigenvalue weighted by molar-refractivity contribution is -0.178. The maximum Gasteiger partial charge on any atom is 0.396 e. The molecule has 0 radical (unpaired) electrons. The van der Waals surface area contributed by atoms with E-state index in [0.717, 1.165) is 4.47 Å². The Hall–Kier alpha value is -0.750. The van der Waals surface area contributed by atoms with Crippen molar-refractivity contribution in [3.8, 4) is 5.75 Å². The van der Waals surface area contributed by atoms with Gasteiger partial charge < -0.3 is 10.5 Å². The molecule has 0 aromatic heterocycles. The number of nitrogens with two attached hydrogens (primary N) is 1. The van der Waals surface area contributed by atoms with Crippen molar-refractivity contribution in [2.75, 3.05) is 13.2 Å². The molecule has 2 N–H and O–H groups in total. The number of benzene rings is 1. The molecule has 0 aliphatic carbocycles. The van der Waals surface area contributed by atoms with Crippen LogP contribution in [0.4, 0.5) is 13.2 Å². The van der Waals surface area contributed by atoms with Gasteiger partial charge in [0.05, 0.1) is 0 Å². The van der Waals surface area contributed by atoms with Gasteiger partial charge in [-0.3, -0.25) is 0 Å². The van der Waals surface area contributed by atoms with E-state index in [-0.39, 0.29) is 0 Å². The minimum Gasteiger partial charge on any atom is -0.493 e. The van der Waals surface area contributed by atoms with Crippen LogP contribution < -0.4 is 10.5 Å². The molecule has 1 rings (SSSR count). The van der Waals surface area contributed by atoms with Crippen LogP contribution in [0.5, 0.6) is 5.75 Å². The molecular formula is C10H11BrF3NO. The smallest absolute Gasteiger partial charge is 0.396 e. The molecule has 2 nitrogen and oxygen atoms in total. The fourth-order valence-electron chi connectivity index (χ4n) is 1.05. The highest BCUT2D eigenvalue weighted by Gasteiger charge is 2.39. The van der Waals surface area contributed by atoms with Crippen LogP contribution in [0.1, 0.15) is 0 Å². The lowest BCUT2D eigenvalue weighted by Crippen LogP contribution is -2.35. The zero-order chi connectivity index (χ0) is 12.2. The Kier molecular flexibility index (Phi) is 4.61. The van der Waals surface area contributed by atoms with Gasteiger partial charge in [0.1, 0.15) is 18.3 Å². The number of rotatable bonds is 4. The number of ether oxygens (including phenoxy) is 1. The highest BCUT2D eigenvalue weighted by Crippen LogP contribution is 2.26. The minimum atomic E-state index is -4.32. The first kappa shape index (κ1) is 13.3. The Labute approximate surface area is 99.7 Å². The van der Waals surface area contributed by atoms with Crippen LogP contribution in [0.2, 0.25) is 0 Å². The van der Waals surface area contributed by atoms with Crippen LogP contribution in [-0.2, 0) is 0 Å². The maximum absolute atomic E-state index is 12.3. The molecule has 0 aliphatic heterocycles. The molecule has 1 atom stereocenters. The Bertz CT molecular complexity index is 343. The number of halogens is 4. The number of hydrogen-bond acceptors (Lipinski definition) is 2.